The minimum Gasteiger partial charge on any atom is -0.326 e. The Morgan fingerprint density at radius 2 is 2.00 bits per heavy atom. The second-order valence-electron chi connectivity index (χ2n) is 7.06. The Balaban J connectivity index is 1.67. The van der Waals surface area contributed by atoms with Gasteiger partial charge in [0.25, 0.3) is 0 Å². The number of benzene rings is 1. The summed E-state index contributed by atoms with van der Waals surface area (Å²) in [5, 5.41) is 2.21. The van der Waals surface area contributed by atoms with Crippen molar-refractivity contribution in [3.8, 4) is 0 Å². The zero-order valence-electron chi connectivity index (χ0n) is 12.5. The van der Waals surface area contributed by atoms with Crippen molar-refractivity contribution >= 4 is 0 Å². The van der Waals surface area contributed by atoms with Crippen LogP contribution >= 0.6 is 0 Å². The molecule has 1 saturated carbocycles. The van der Waals surface area contributed by atoms with Crippen molar-refractivity contribution in [2.24, 2.45) is 5.92 Å². The van der Waals surface area contributed by atoms with E-state index in [4.69, 9.17) is 9.57 Å². The first kappa shape index (κ1) is 12.8. The molecule has 0 N–H and O–H groups in total. The molecule has 0 aromatic heterocycles. The first-order valence-corrected chi connectivity index (χ1v) is 7.74. The van der Waals surface area contributed by atoms with Crippen molar-refractivity contribution in [1.29, 1.82) is 0 Å². The molecule has 1 spiro atoms. The normalized spacial score (nSPS) is 40.0. The third kappa shape index (κ3) is 1.70. The molecule has 4 atom stereocenters. The molecular weight excluding hydrogens is 250 g/mol. The standard InChI is InChI=1S/C17H23NO2/c1-12(13-7-5-4-6-8-13)15-14-9-10-17(11-14)18(15)20-16(2,3)19-17/h4-8,12,14-15H,9-11H2,1-3H3/t12?,14?,15?,17-/m0/s1. The van der Waals surface area contributed by atoms with Crippen LogP contribution in [0, 0.1) is 5.92 Å². The van der Waals surface area contributed by atoms with Crippen LogP contribution in [0.2, 0.25) is 0 Å². The second kappa shape index (κ2) is 4.06. The minimum atomic E-state index is -0.482. The fourth-order valence-corrected chi connectivity index (χ4v) is 4.54. The minimum absolute atomic E-state index is 0.151. The average Bonchev–Trinajstić information content (AvgIpc) is 3.01. The van der Waals surface area contributed by atoms with Gasteiger partial charge in [0.15, 0.2) is 5.79 Å². The summed E-state index contributed by atoms with van der Waals surface area (Å²) in [5.74, 6) is 0.687. The molecule has 20 heavy (non-hydrogen) atoms. The van der Waals surface area contributed by atoms with Crippen LogP contribution in [-0.2, 0) is 9.57 Å². The fourth-order valence-electron chi connectivity index (χ4n) is 4.54. The predicted molar refractivity (Wildman–Crippen MR) is 76.8 cm³/mol. The summed E-state index contributed by atoms with van der Waals surface area (Å²) in [6.45, 7) is 6.37. The molecule has 1 aromatic carbocycles. The molecule has 3 unspecified atom stereocenters. The summed E-state index contributed by atoms with van der Waals surface area (Å²) in [6.07, 6.45) is 3.50. The number of rotatable bonds is 2. The number of hydrogen-bond acceptors (Lipinski definition) is 3. The number of piperidine rings is 1. The molecule has 3 heteroatoms. The summed E-state index contributed by atoms with van der Waals surface area (Å²) in [7, 11) is 0. The van der Waals surface area contributed by atoms with Crippen LogP contribution in [0.1, 0.15) is 51.5 Å². The van der Waals surface area contributed by atoms with Gasteiger partial charge in [0.1, 0.15) is 5.72 Å². The molecule has 0 radical (unpaired) electrons. The van der Waals surface area contributed by atoms with Gasteiger partial charge in [-0.1, -0.05) is 37.3 Å². The lowest BCUT2D eigenvalue weighted by atomic mass is 9.85. The average molecular weight is 273 g/mol. The smallest absolute Gasteiger partial charge is 0.184 e. The van der Waals surface area contributed by atoms with E-state index in [0.29, 0.717) is 17.9 Å². The second-order valence-corrected chi connectivity index (χ2v) is 7.06. The highest BCUT2D eigenvalue weighted by Crippen LogP contribution is 2.59. The van der Waals surface area contributed by atoms with Gasteiger partial charge in [-0.2, -0.15) is 5.06 Å². The van der Waals surface area contributed by atoms with Gasteiger partial charge in [-0.3, -0.25) is 4.84 Å². The lowest BCUT2D eigenvalue weighted by molar-refractivity contribution is -0.240. The van der Waals surface area contributed by atoms with Crippen LogP contribution in [0.5, 0.6) is 0 Å². The van der Waals surface area contributed by atoms with Crippen LogP contribution in [0.3, 0.4) is 0 Å². The molecule has 2 aliphatic heterocycles. The van der Waals surface area contributed by atoms with Gasteiger partial charge in [0, 0.05) is 6.04 Å². The molecule has 3 nitrogen and oxygen atoms in total. The lowest BCUT2D eigenvalue weighted by Crippen LogP contribution is -2.47. The first-order valence-electron chi connectivity index (χ1n) is 7.74. The third-order valence-corrected chi connectivity index (χ3v) is 5.23. The van der Waals surface area contributed by atoms with Gasteiger partial charge in [0.05, 0.1) is 0 Å². The van der Waals surface area contributed by atoms with Crippen molar-refractivity contribution in [2.75, 3.05) is 0 Å². The Bertz CT molecular complexity index is 515. The van der Waals surface area contributed by atoms with E-state index >= 15 is 0 Å². The van der Waals surface area contributed by atoms with Crippen LogP contribution in [0.15, 0.2) is 30.3 Å². The summed E-state index contributed by atoms with van der Waals surface area (Å²) in [5.41, 5.74) is 1.25. The highest BCUT2D eigenvalue weighted by Gasteiger charge is 2.65. The number of hydroxylamine groups is 2. The predicted octanol–water partition coefficient (Wildman–Crippen LogP) is 3.67. The van der Waals surface area contributed by atoms with Crippen LogP contribution in [0.4, 0.5) is 0 Å². The highest BCUT2D eigenvalue weighted by atomic mass is 16.9. The topological polar surface area (TPSA) is 21.7 Å². The Morgan fingerprint density at radius 3 is 2.75 bits per heavy atom. The molecule has 0 amide bonds. The van der Waals surface area contributed by atoms with Crippen LogP contribution < -0.4 is 0 Å². The Hall–Kier alpha value is -0.900. The maximum absolute atomic E-state index is 6.27. The van der Waals surface area contributed by atoms with Crippen LogP contribution in [-0.4, -0.2) is 22.6 Å². The SMILES string of the molecule is CC(c1ccccc1)C1C2CC[C@@]3(C2)OC(C)(C)ON13. The third-order valence-electron chi connectivity index (χ3n) is 5.23. The maximum atomic E-state index is 6.27. The first-order chi connectivity index (χ1) is 9.51. The Morgan fingerprint density at radius 1 is 1.25 bits per heavy atom. The molecule has 1 aromatic rings. The number of ether oxygens (including phenoxy) is 1. The maximum Gasteiger partial charge on any atom is 0.184 e. The highest BCUT2D eigenvalue weighted by molar-refractivity contribution is 5.23. The van der Waals surface area contributed by atoms with E-state index in [-0.39, 0.29) is 5.72 Å². The van der Waals surface area contributed by atoms with E-state index in [2.05, 4.69) is 42.3 Å². The molecular formula is C17H23NO2. The van der Waals surface area contributed by atoms with Crippen molar-refractivity contribution in [2.45, 2.75) is 63.5 Å². The van der Waals surface area contributed by atoms with Crippen molar-refractivity contribution in [3.05, 3.63) is 35.9 Å². The number of nitrogens with zero attached hydrogens (tertiary/aromatic N) is 1. The monoisotopic (exact) mass is 273 g/mol. The molecule has 2 heterocycles. The molecule has 3 aliphatic rings. The van der Waals surface area contributed by atoms with Crippen molar-refractivity contribution in [1.82, 2.24) is 5.06 Å². The molecule has 2 saturated heterocycles. The van der Waals surface area contributed by atoms with Crippen molar-refractivity contribution in [3.63, 3.8) is 0 Å². The van der Waals surface area contributed by atoms with E-state index in [1.54, 1.807) is 0 Å². The zero-order valence-corrected chi connectivity index (χ0v) is 12.5. The summed E-state index contributed by atoms with van der Waals surface area (Å²) in [6, 6.07) is 11.2. The quantitative estimate of drug-likeness (QED) is 0.820. The molecule has 2 bridgehead atoms. The summed E-state index contributed by atoms with van der Waals surface area (Å²) < 4.78 is 6.27. The zero-order chi connectivity index (χ0) is 14.0. The van der Waals surface area contributed by atoms with Gasteiger partial charge < -0.3 is 4.74 Å². The van der Waals surface area contributed by atoms with Crippen LogP contribution in [0.25, 0.3) is 0 Å². The van der Waals surface area contributed by atoms with E-state index in [1.165, 1.54) is 12.0 Å². The van der Waals surface area contributed by atoms with E-state index < -0.39 is 5.79 Å². The summed E-state index contributed by atoms with van der Waals surface area (Å²) >= 11 is 0. The fraction of sp³-hybridized carbons (Fsp3) is 0.647. The molecule has 1 aliphatic carbocycles. The van der Waals surface area contributed by atoms with E-state index in [9.17, 15) is 0 Å². The van der Waals surface area contributed by atoms with E-state index in [1.807, 2.05) is 13.8 Å². The molecule has 4 rings (SSSR count). The van der Waals surface area contributed by atoms with Gasteiger partial charge >= 0.3 is 0 Å². The van der Waals surface area contributed by atoms with Crippen molar-refractivity contribution < 1.29 is 9.57 Å². The lowest BCUT2D eigenvalue weighted by Gasteiger charge is -2.37. The number of fused-ring (bicyclic) bond motifs is 1. The van der Waals surface area contributed by atoms with Gasteiger partial charge in [-0.05, 0) is 50.5 Å². The Kier molecular flexibility index (Phi) is 2.60. The van der Waals surface area contributed by atoms with Gasteiger partial charge in [0.2, 0.25) is 0 Å². The largest absolute Gasteiger partial charge is 0.326 e. The van der Waals surface area contributed by atoms with Gasteiger partial charge in [-0.25, -0.2) is 0 Å². The van der Waals surface area contributed by atoms with E-state index in [0.717, 1.165) is 12.8 Å². The molecule has 3 fully saturated rings. The molecule has 108 valence electrons. The number of hydrogen-bond donors (Lipinski definition) is 0. The summed E-state index contributed by atoms with van der Waals surface area (Å²) in [4.78, 5) is 6.16. The van der Waals surface area contributed by atoms with Gasteiger partial charge in [-0.15, -0.1) is 0 Å². The Labute approximate surface area is 120 Å².